The second kappa shape index (κ2) is 16.7. The van der Waals surface area contributed by atoms with E-state index >= 15 is 0 Å². The number of carboxylic acid groups (broad SMARTS) is 2. The molecular weight excluding hydrogens is 426 g/mol. The van der Waals surface area contributed by atoms with Crippen molar-refractivity contribution in [3.63, 3.8) is 0 Å². The van der Waals surface area contributed by atoms with Gasteiger partial charge in [-0.05, 0) is 31.4 Å². The van der Waals surface area contributed by atoms with E-state index in [-0.39, 0.29) is 25.4 Å². The maximum atomic E-state index is 12.4. The summed E-state index contributed by atoms with van der Waals surface area (Å²) in [6, 6.07) is 3.52. The van der Waals surface area contributed by atoms with Crippen molar-refractivity contribution in [3.05, 3.63) is 12.1 Å². The van der Waals surface area contributed by atoms with Crippen molar-refractivity contribution < 1.29 is 29.3 Å². The van der Waals surface area contributed by atoms with E-state index in [1.807, 2.05) is 19.0 Å². The minimum Gasteiger partial charge on any atom is -0.490 e. The molecule has 1 aromatic heterocycles. The highest BCUT2D eigenvalue weighted by atomic mass is 16.5. The summed E-state index contributed by atoms with van der Waals surface area (Å²) in [5.41, 5.74) is 0. The number of unbranched alkanes of at least 4 members (excludes halogenated alkanes) is 8. The van der Waals surface area contributed by atoms with Crippen LogP contribution in [0, 0.1) is 0 Å². The SMILES string of the molecule is CN(C)c1ccc(OCCCC(=O)O)c(NC(=O)CCCCCCCCCCCC(=O)O)n1. The number of anilines is 2. The van der Waals surface area contributed by atoms with Crippen LogP contribution in [0.3, 0.4) is 0 Å². The van der Waals surface area contributed by atoms with Gasteiger partial charge in [0.05, 0.1) is 6.61 Å². The number of aliphatic carboxylic acids is 2. The molecule has 0 unspecified atom stereocenters. The van der Waals surface area contributed by atoms with Crippen molar-refractivity contribution >= 4 is 29.5 Å². The number of ether oxygens (including phenoxy) is 1. The molecule has 0 fully saturated rings. The minimum atomic E-state index is -0.871. The highest BCUT2D eigenvalue weighted by Gasteiger charge is 2.12. The lowest BCUT2D eigenvalue weighted by Crippen LogP contribution is -2.16. The maximum Gasteiger partial charge on any atom is 0.303 e. The summed E-state index contributed by atoms with van der Waals surface area (Å²) in [4.78, 5) is 39.8. The fourth-order valence-electron chi connectivity index (χ4n) is 3.29. The maximum absolute atomic E-state index is 12.4. The van der Waals surface area contributed by atoms with Crippen LogP contribution in [0.2, 0.25) is 0 Å². The topological polar surface area (TPSA) is 129 Å². The summed E-state index contributed by atoms with van der Waals surface area (Å²) >= 11 is 0. The zero-order valence-corrected chi connectivity index (χ0v) is 20.0. The van der Waals surface area contributed by atoms with Crippen LogP contribution in [0.1, 0.15) is 83.5 Å². The Morgan fingerprint density at radius 3 is 1.88 bits per heavy atom. The number of amides is 1. The van der Waals surface area contributed by atoms with E-state index in [2.05, 4.69) is 10.3 Å². The first-order valence-electron chi connectivity index (χ1n) is 11.8. The van der Waals surface area contributed by atoms with Gasteiger partial charge in [-0.15, -0.1) is 0 Å². The van der Waals surface area contributed by atoms with Crippen molar-refractivity contribution in [2.24, 2.45) is 0 Å². The Hall–Kier alpha value is -2.84. The highest BCUT2D eigenvalue weighted by Crippen LogP contribution is 2.26. The molecule has 1 heterocycles. The number of carbonyl (C=O) groups is 3. The third-order valence-electron chi connectivity index (χ3n) is 5.15. The van der Waals surface area contributed by atoms with Gasteiger partial charge in [-0.1, -0.05) is 44.9 Å². The zero-order valence-electron chi connectivity index (χ0n) is 20.0. The third kappa shape index (κ3) is 14.0. The van der Waals surface area contributed by atoms with Crippen molar-refractivity contribution in [2.75, 3.05) is 30.9 Å². The van der Waals surface area contributed by atoms with Crippen LogP contribution in [0.15, 0.2) is 12.1 Å². The van der Waals surface area contributed by atoms with E-state index in [1.54, 1.807) is 12.1 Å². The van der Waals surface area contributed by atoms with Crippen LogP contribution in [0.5, 0.6) is 5.75 Å². The van der Waals surface area contributed by atoms with Gasteiger partial charge in [0.25, 0.3) is 0 Å². The number of rotatable bonds is 19. The summed E-state index contributed by atoms with van der Waals surface area (Å²) in [5.74, 6) is -0.242. The lowest BCUT2D eigenvalue weighted by molar-refractivity contribution is -0.138. The van der Waals surface area contributed by atoms with E-state index < -0.39 is 11.9 Å². The summed E-state index contributed by atoms with van der Waals surface area (Å²) in [6.07, 6.45) is 10.1. The number of pyridine rings is 1. The molecule has 1 aromatic rings. The van der Waals surface area contributed by atoms with E-state index in [0.29, 0.717) is 30.2 Å². The first-order chi connectivity index (χ1) is 15.8. The second-order valence-electron chi connectivity index (χ2n) is 8.38. The summed E-state index contributed by atoms with van der Waals surface area (Å²) in [5, 5.41) is 20.2. The summed E-state index contributed by atoms with van der Waals surface area (Å²) in [6.45, 7) is 0.234. The zero-order chi connectivity index (χ0) is 24.5. The van der Waals surface area contributed by atoms with Gasteiger partial charge in [0, 0.05) is 33.4 Å². The molecule has 0 spiro atoms. The largest absolute Gasteiger partial charge is 0.490 e. The number of nitrogens with one attached hydrogen (secondary N) is 1. The number of nitrogens with zero attached hydrogens (tertiary/aromatic N) is 2. The van der Waals surface area contributed by atoms with Gasteiger partial charge in [-0.25, -0.2) is 4.98 Å². The number of hydrogen-bond donors (Lipinski definition) is 3. The molecule has 9 nitrogen and oxygen atoms in total. The van der Waals surface area contributed by atoms with Gasteiger partial charge < -0.3 is 25.2 Å². The molecule has 1 amide bonds. The number of hydrogen-bond acceptors (Lipinski definition) is 6. The normalized spacial score (nSPS) is 10.6. The number of aromatic nitrogens is 1. The molecule has 0 atom stereocenters. The molecule has 186 valence electrons. The van der Waals surface area contributed by atoms with Crippen LogP contribution in [-0.4, -0.2) is 53.7 Å². The number of carboxylic acids is 2. The molecule has 3 N–H and O–H groups in total. The quantitative estimate of drug-likeness (QED) is 0.251. The van der Waals surface area contributed by atoms with Crippen LogP contribution in [-0.2, 0) is 14.4 Å². The van der Waals surface area contributed by atoms with E-state index in [0.717, 1.165) is 57.8 Å². The third-order valence-corrected chi connectivity index (χ3v) is 5.15. The molecule has 0 aliphatic carbocycles. The molecular formula is C24H39N3O6. The molecule has 0 aliphatic heterocycles. The summed E-state index contributed by atoms with van der Waals surface area (Å²) < 4.78 is 5.65. The van der Waals surface area contributed by atoms with Gasteiger partial charge in [0.2, 0.25) is 5.91 Å². The van der Waals surface area contributed by atoms with Crippen molar-refractivity contribution in [2.45, 2.75) is 83.5 Å². The van der Waals surface area contributed by atoms with E-state index in [4.69, 9.17) is 14.9 Å². The Morgan fingerprint density at radius 1 is 0.818 bits per heavy atom. The lowest BCUT2D eigenvalue weighted by Gasteiger charge is -2.16. The Kier molecular flexibility index (Phi) is 14.3. The van der Waals surface area contributed by atoms with Gasteiger partial charge in [-0.2, -0.15) is 0 Å². The fourth-order valence-corrected chi connectivity index (χ4v) is 3.29. The molecule has 0 saturated carbocycles. The summed E-state index contributed by atoms with van der Waals surface area (Å²) in [7, 11) is 3.72. The average Bonchev–Trinajstić information content (AvgIpc) is 2.75. The standard InChI is InChI=1S/C24H39N3O6/c1-27(2)20-17-16-19(33-18-12-15-23(31)32)24(25-20)26-21(28)13-10-8-6-4-3-5-7-9-11-14-22(29)30/h16-17H,3-15,18H2,1-2H3,(H,29,30)(H,31,32)(H,25,26,28). The first kappa shape index (κ1) is 28.2. The molecule has 9 heteroatoms. The van der Waals surface area contributed by atoms with Crippen LogP contribution in [0.4, 0.5) is 11.6 Å². The van der Waals surface area contributed by atoms with Gasteiger partial charge in [0.1, 0.15) is 5.82 Å². The minimum absolute atomic E-state index is 0.0234. The molecule has 0 aliphatic rings. The average molecular weight is 466 g/mol. The second-order valence-corrected chi connectivity index (χ2v) is 8.38. The highest BCUT2D eigenvalue weighted by molar-refractivity contribution is 5.91. The van der Waals surface area contributed by atoms with Crippen LogP contribution >= 0.6 is 0 Å². The molecule has 0 radical (unpaired) electrons. The van der Waals surface area contributed by atoms with Gasteiger partial charge >= 0.3 is 11.9 Å². The predicted molar refractivity (Wildman–Crippen MR) is 128 cm³/mol. The van der Waals surface area contributed by atoms with Gasteiger partial charge in [-0.3, -0.25) is 14.4 Å². The first-order valence-corrected chi connectivity index (χ1v) is 11.8. The molecule has 0 aromatic carbocycles. The molecule has 1 rings (SSSR count). The smallest absolute Gasteiger partial charge is 0.303 e. The number of carbonyl (C=O) groups excluding carboxylic acids is 1. The van der Waals surface area contributed by atoms with Crippen molar-refractivity contribution in [1.82, 2.24) is 4.98 Å². The van der Waals surface area contributed by atoms with Crippen LogP contribution in [0.25, 0.3) is 0 Å². The Labute approximate surface area is 196 Å². The van der Waals surface area contributed by atoms with Crippen LogP contribution < -0.4 is 15.0 Å². The molecule has 0 bridgehead atoms. The van der Waals surface area contributed by atoms with Gasteiger partial charge in [0.15, 0.2) is 11.6 Å². The van der Waals surface area contributed by atoms with Crippen molar-refractivity contribution in [1.29, 1.82) is 0 Å². The lowest BCUT2D eigenvalue weighted by atomic mass is 10.1. The molecule has 33 heavy (non-hydrogen) atoms. The molecule has 0 saturated heterocycles. The van der Waals surface area contributed by atoms with E-state index in [9.17, 15) is 14.4 Å². The monoisotopic (exact) mass is 465 g/mol. The predicted octanol–water partition coefficient (Wildman–Crippen LogP) is 4.71. The fraction of sp³-hybridized carbons (Fsp3) is 0.667. The Bertz CT molecular complexity index is 739. The Balaban J connectivity index is 2.31. The van der Waals surface area contributed by atoms with E-state index in [1.165, 1.54) is 0 Å². The Morgan fingerprint density at radius 2 is 1.33 bits per heavy atom. The van der Waals surface area contributed by atoms with Crippen molar-refractivity contribution in [3.8, 4) is 5.75 Å².